The molecule has 9 heteroatoms. The van der Waals surface area contributed by atoms with E-state index in [4.69, 9.17) is 18.9 Å². The molecular weight excluding hydrogens is 1050 g/mol. The highest BCUT2D eigenvalue weighted by Crippen LogP contribution is 2.18. The first-order chi connectivity index (χ1) is 41.6. The van der Waals surface area contributed by atoms with E-state index in [1.807, 2.05) is 21.1 Å². The number of unbranched alkanes of at least 4 members (excludes halogenated alkanes) is 37. The van der Waals surface area contributed by atoms with Crippen molar-refractivity contribution in [2.75, 3.05) is 47.5 Å². The largest absolute Gasteiger partial charge is 0.545 e. The SMILES string of the molecule is CC/C=C\C/C=C\C/C=C\C/C=C\C/C=C\C/C=C\C/C=C\CCCCCCCCCC(=O)OC(COC(=O)CCCCCCCCCCCCCCCCCCCCCCCCCCCCCCCCC)COC(OCC[N+](C)(C)C)C(=O)[O-]. The second kappa shape index (κ2) is 66.4. The Labute approximate surface area is 525 Å². The first-order valence-corrected chi connectivity index (χ1v) is 35.7. The molecule has 0 saturated heterocycles. The van der Waals surface area contributed by atoms with Crippen molar-refractivity contribution < 1.29 is 42.9 Å². The molecule has 0 aliphatic carbocycles. The first-order valence-electron chi connectivity index (χ1n) is 35.7. The van der Waals surface area contributed by atoms with Crippen LogP contribution in [0.25, 0.3) is 0 Å². The molecule has 0 bridgehead atoms. The lowest BCUT2D eigenvalue weighted by Gasteiger charge is -2.26. The Bertz CT molecular complexity index is 1670. The summed E-state index contributed by atoms with van der Waals surface area (Å²) in [6, 6.07) is 0. The van der Waals surface area contributed by atoms with E-state index in [0.717, 1.165) is 89.9 Å². The summed E-state index contributed by atoms with van der Waals surface area (Å²) in [6.07, 6.45) is 86.7. The zero-order valence-electron chi connectivity index (χ0n) is 56.2. The van der Waals surface area contributed by atoms with Crippen molar-refractivity contribution in [3.8, 4) is 0 Å². The maximum absolute atomic E-state index is 12.9. The molecule has 0 radical (unpaired) electrons. The summed E-state index contributed by atoms with van der Waals surface area (Å²) in [7, 11) is 5.93. The van der Waals surface area contributed by atoms with Crippen LogP contribution in [-0.2, 0) is 33.3 Å². The maximum Gasteiger partial charge on any atom is 0.306 e. The molecule has 0 saturated carbocycles. The van der Waals surface area contributed by atoms with Gasteiger partial charge >= 0.3 is 11.9 Å². The quantitative estimate of drug-likeness (QED) is 0.0195. The number of esters is 2. The molecule has 85 heavy (non-hydrogen) atoms. The number of nitrogens with zero attached hydrogens (tertiary/aromatic N) is 1. The van der Waals surface area contributed by atoms with Crippen molar-refractivity contribution in [3.05, 3.63) is 85.1 Å². The van der Waals surface area contributed by atoms with E-state index in [1.54, 1.807) is 0 Å². The minimum atomic E-state index is -1.63. The number of ether oxygens (including phenoxy) is 4. The lowest BCUT2D eigenvalue weighted by Crippen LogP contribution is -2.44. The van der Waals surface area contributed by atoms with Gasteiger partial charge in [-0.05, 0) is 70.6 Å². The summed E-state index contributed by atoms with van der Waals surface area (Å²) in [5, 5.41) is 11.8. The Morgan fingerprint density at radius 3 is 1.00 bits per heavy atom. The third kappa shape index (κ3) is 67.8. The highest BCUT2D eigenvalue weighted by Gasteiger charge is 2.22. The average molecular weight is 1190 g/mol. The monoisotopic (exact) mass is 1190 g/mol. The summed E-state index contributed by atoms with van der Waals surface area (Å²) in [6.45, 7) is 4.66. The Kier molecular flexibility index (Phi) is 63.7. The van der Waals surface area contributed by atoms with Gasteiger partial charge in [0.15, 0.2) is 12.4 Å². The molecule has 2 unspecified atom stereocenters. The maximum atomic E-state index is 12.9. The highest BCUT2D eigenvalue weighted by molar-refractivity contribution is 5.70. The second-order valence-electron chi connectivity index (χ2n) is 25.2. The molecule has 0 fully saturated rings. The van der Waals surface area contributed by atoms with Crippen LogP contribution < -0.4 is 5.11 Å². The number of carbonyl (C=O) groups excluding carboxylic acids is 3. The minimum Gasteiger partial charge on any atom is -0.545 e. The van der Waals surface area contributed by atoms with Crippen LogP contribution in [0.2, 0.25) is 0 Å². The summed E-state index contributed by atoms with van der Waals surface area (Å²) in [5.74, 6) is -2.29. The van der Waals surface area contributed by atoms with E-state index < -0.39 is 24.3 Å². The van der Waals surface area contributed by atoms with Crippen molar-refractivity contribution in [3.63, 3.8) is 0 Å². The summed E-state index contributed by atoms with van der Waals surface area (Å²) in [4.78, 5) is 37.5. The third-order valence-electron chi connectivity index (χ3n) is 15.7. The normalized spacial score (nSPS) is 13.2. The molecule has 0 aliphatic rings. The smallest absolute Gasteiger partial charge is 0.306 e. The third-order valence-corrected chi connectivity index (χ3v) is 15.7. The number of hydrogen-bond donors (Lipinski definition) is 0. The molecule has 492 valence electrons. The van der Waals surface area contributed by atoms with Gasteiger partial charge in [-0.1, -0.05) is 324 Å². The van der Waals surface area contributed by atoms with Gasteiger partial charge in [-0.25, -0.2) is 0 Å². The molecule has 0 amide bonds. The van der Waals surface area contributed by atoms with E-state index >= 15 is 0 Å². The number of carbonyl (C=O) groups is 3. The van der Waals surface area contributed by atoms with Crippen molar-refractivity contribution in [1.29, 1.82) is 0 Å². The van der Waals surface area contributed by atoms with Crippen molar-refractivity contribution in [2.24, 2.45) is 0 Å². The first kappa shape index (κ1) is 81.5. The molecule has 0 heterocycles. The van der Waals surface area contributed by atoms with Crippen molar-refractivity contribution in [2.45, 2.75) is 334 Å². The summed E-state index contributed by atoms with van der Waals surface area (Å²) >= 11 is 0. The molecule has 0 spiro atoms. The highest BCUT2D eigenvalue weighted by atomic mass is 16.7. The van der Waals surface area contributed by atoms with Gasteiger partial charge in [-0.2, -0.15) is 0 Å². The molecule has 0 aromatic rings. The van der Waals surface area contributed by atoms with Crippen LogP contribution >= 0.6 is 0 Å². The Balaban J connectivity index is 4.12. The van der Waals surface area contributed by atoms with Crippen LogP contribution in [0.3, 0.4) is 0 Å². The van der Waals surface area contributed by atoms with E-state index in [0.29, 0.717) is 23.9 Å². The molecule has 0 rings (SSSR count). The Hall–Kier alpha value is -3.53. The lowest BCUT2D eigenvalue weighted by atomic mass is 10.0. The van der Waals surface area contributed by atoms with Gasteiger partial charge in [0.1, 0.15) is 13.2 Å². The van der Waals surface area contributed by atoms with E-state index in [-0.39, 0.29) is 32.2 Å². The molecular formula is C76H135NO8. The fourth-order valence-corrected chi connectivity index (χ4v) is 10.2. The fraction of sp³-hybridized carbons (Fsp3) is 0.776. The van der Waals surface area contributed by atoms with Gasteiger partial charge in [0.2, 0.25) is 0 Å². The molecule has 2 atom stereocenters. The van der Waals surface area contributed by atoms with Gasteiger partial charge in [0.05, 0.1) is 40.3 Å². The van der Waals surface area contributed by atoms with Gasteiger partial charge in [-0.15, -0.1) is 0 Å². The molecule has 0 aromatic heterocycles. The van der Waals surface area contributed by atoms with Gasteiger partial charge in [0.25, 0.3) is 0 Å². The van der Waals surface area contributed by atoms with Crippen LogP contribution in [0.5, 0.6) is 0 Å². The number of carboxylic acid groups (broad SMARTS) is 1. The Morgan fingerprint density at radius 2 is 0.671 bits per heavy atom. The number of carboxylic acids is 1. The average Bonchev–Trinajstić information content (AvgIpc) is 3.48. The summed E-state index contributed by atoms with van der Waals surface area (Å²) < 4.78 is 22.8. The van der Waals surface area contributed by atoms with Crippen molar-refractivity contribution in [1.82, 2.24) is 0 Å². The predicted octanol–water partition coefficient (Wildman–Crippen LogP) is 20.9. The molecule has 0 N–H and O–H groups in total. The lowest BCUT2D eigenvalue weighted by molar-refractivity contribution is -0.870. The van der Waals surface area contributed by atoms with E-state index in [1.165, 1.54) is 199 Å². The van der Waals surface area contributed by atoms with Gasteiger partial charge < -0.3 is 33.3 Å². The van der Waals surface area contributed by atoms with Crippen LogP contribution in [-0.4, -0.2) is 82.3 Å². The topological polar surface area (TPSA) is 111 Å². The number of likely N-dealkylation sites (N-methyl/N-ethyl adjacent to an activating group) is 1. The van der Waals surface area contributed by atoms with Crippen LogP contribution in [0, 0.1) is 0 Å². The van der Waals surface area contributed by atoms with E-state index in [9.17, 15) is 19.5 Å². The zero-order valence-corrected chi connectivity index (χ0v) is 56.2. The zero-order chi connectivity index (χ0) is 61.9. The second-order valence-corrected chi connectivity index (χ2v) is 25.2. The number of hydrogen-bond acceptors (Lipinski definition) is 8. The summed E-state index contributed by atoms with van der Waals surface area (Å²) in [5.41, 5.74) is 0. The standard InChI is InChI=1S/C76H135NO8/c1-6-8-10-12-14-16-18-20-22-24-26-28-30-32-34-36-37-39-40-42-44-46-48-50-52-54-56-58-60-62-64-66-73(78)83-70-72(71-84-76(75(80)81)82-69-68-77(3,4)5)85-74(79)67-65-63-61-59-57-55-53-51-49-47-45-43-41-38-35-33-31-29-27-25-23-21-19-17-15-13-11-9-7-2/h9,11,15,17,21,23,27,29,33,35,41,43,47,49,72,76H,6-8,10,12-14,16,18-20,22,24-26,28,30-32,34,36-40,42,44-46,48,50-71H2,1-5H3/b11-9-,17-15-,23-21-,29-27-,35-33-,43-41-,49-47-. The predicted molar refractivity (Wildman–Crippen MR) is 361 cm³/mol. The van der Waals surface area contributed by atoms with Gasteiger partial charge in [-0.3, -0.25) is 9.59 Å². The minimum absolute atomic E-state index is 0.143. The molecule has 0 aromatic carbocycles. The van der Waals surface area contributed by atoms with Gasteiger partial charge in [0, 0.05) is 12.8 Å². The van der Waals surface area contributed by atoms with Crippen molar-refractivity contribution >= 4 is 17.9 Å². The van der Waals surface area contributed by atoms with E-state index in [2.05, 4.69) is 98.9 Å². The number of aliphatic carboxylic acids is 1. The molecule has 0 aliphatic heterocycles. The Morgan fingerprint density at radius 1 is 0.365 bits per heavy atom. The van der Waals surface area contributed by atoms with Crippen LogP contribution in [0.4, 0.5) is 0 Å². The molecule has 9 nitrogen and oxygen atoms in total. The number of quaternary nitrogens is 1. The number of allylic oxidation sites excluding steroid dienone is 14. The number of rotatable bonds is 66. The van der Waals surface area contributed by atoms with Crippen LogP contribution in [0.15, 0.2) is 85.1 Å². The van der Waals surface area contributed by atoms with Crippen LogP contribution in [0.1, 0.15) is 322 Å². The fourth-order valence-electron chi connectivity index (χ4n) is 10.2.